The molecule has 5 heteroatoms. The predicted octanol–water partition coefficient (Wildman–Crippen LogP) is 3.47. The van der Waals surface area contributed by atoms with Crippen LogP contribution in [-0.2, 0) is 5.54 Å². The van der Waals surface area contributed by atoms with E-state index in [2.05, 4.69) is 10.6 Å². The van der Waals surface area contributed by atoms with Crippen molar-refractivity contribution in [2.24, 2.45) is 0 Å². The number of rotatable bonds is 3. The first-order valence-electron chi connectivity index (χ1n) is 7.04. The summed E-state index contributed by atoms with van der Waals surface area (Å²) in [4.78, 5) is 24.0. The second-order valence-corrected chi connectivity index (χ2v) is 5.80. The van der Waals surface area contributed by atoms with E-state index >= 15 is 0 Å². The number of hydrogen-bond acceptors (Lipinski definition) is 2. The van der Waals surface area contributed by atoms with Gasteiger partial charge < -0.3 is 5.32 Å². The minimum absolute atomic E-state index is 0.383. The monoisotopic (exact) mass is 314 g/mol. The minimum atomic E-state index is -0.485. The Bertz CT molecular complexity index is 694. The molecular formula is C17H15ClN2O2. The molecule has 3 amide bonds. The maximum Gasteiger partial charge on any atom is 0.322 e. The van der Waals surface area contributed by atoms with Crippen molar-refractivity contribution in [1.82, 2.24) is 10.6 Å². The van der Waals surface area contributed by atoms with Crippen LogP contribution >= 0.6 is 11.6 Å². The Labute approximate surface area is 133 Å². The van der Waals surface area contributed by atoms with E-state index in [1.165, 1.54) is 0 Å². The number of carbonyl (C=O) groups is 2. The first-order valence-corrected chi connectivity index (χ1v) is 7.41. The Balaban J connectivity index is 1.64. The van der Waals surface area contributed by atoms with Crippen LogP contribution in [0, 0.1) is 0 Å². The van der Waals surface area contributed by atoms with Crippen molar-refractivity contribution in [2.45, 2.75) is 18.4 Å². The number of nitrogens with one attached hydrogen (secondary N) is 2. The SMILES string of the molecule is O=C(NC(=O)c1ccccc1)NC1(c2ccc(Cl)cc2)CC1. The molecule has 1 aliphatic carbocycles. The van der Waals surface area contributed by atoms with Gasteiger partial charge in [0, 0.05) is 10.6 Å². The van der Waals surface area contributed by atoms with Gasteiger partial charge in [-0.1, -0.05) is 41.9 Å². The van der Waals surface area contributed by atoms with E-state index in [1.54, 1.807) is 36.4 Å². The van der Waals surface area contributed by atoms with Gasteiger partial charge in [0.2, 0.25) is 0 Å². The average Bonchev–Trinajstić information content (AvgIpc) is 3.29. The van der Waals surface area contributed by atoms with Gasteiger partial charge in [0.05, 0.1) is 5.54 Å². The fraction of sp³-hybridized carbons (Fsp3) is 0.176. The lowest BCUT2D eigenvalue weighted by Crippen LogP contribution is -2.44. The number of imide groups is 1. The molecule has 0 heterocycles. The zero-order valence-electron chi connectivity index (χ0n) is 11.8. The fourth-order valence-corrected chi connectivity index (χ4v) is 2.52. The Morgan fingerprint density at radius 1 is 0.955 bits per heavy atom. The molecule has 0 spiro atoms. The highest BCUT2D eigenvalue weighted by molar-refractivity contribution is 6.30. The van der Waals surface area contributed by atoms with Crippen LogP contribution in [-0.4, -0.2) is 11.9 Å². The second kappa shape index (κ2) is 5.81. The third-order valence-corrected chi connectivity index (χ3v) is 4.01. The summed E-state index contributed by atoms with van der Waals surface area (Å²) in [5.74, 6) is -0.412. The van der Waals surface area contributed by atoms with Gasteiger partial charge in [0.1, 0.15) is 0 Å². The Morgan fingerprint density at radius 2 is 1.59 bits per heavy atom. The Kier molecular flexibility index (Phi) is 3.86. The van der Waals surface area contributed by atoms with E-state index in [-0.39, 0.29) is 5.54 Å². The van der Waals surface area contributed by atoms with Crippen LogP contribution in [0.15, 0.2) is 54.6 Å². The maximum atomic E-state index is 12.1. The molecule has 1 aliphatic rings. The molecule has 0 aromatic heterocycles. The molecule has 1 saturated carbocycles. The van der Waals surface area contributed by atoms with E-state index in [0.717, 1.165) is 18.4 Å². The number of urea groups is 1. The summed E-state index contributed by atoms with van der Waals surface area (Å²) in [5, 5.41) is 5.90. The molecule has 3 rings (SSSR count). The summed E-state index contributed by atoms with van der Waals surface area (Å²) in [6.07, 6.45) is 1.70. The van der Waals surface area contributed by atoms with Crippen molar-refractivity contribution in [3.8, 4) is 0 Å². The van der Waals surface area contributed by atoms with Gasteiger partial charge in [-0.3, -0.25) is 10.1 Å². The van der Waals surface area contributed by atoms with Crippen LogP contribution in [0.4, 0.5) is 4.79 Å². The summed E-state index contributed by atoms with van der Waals surface area (Å²) in [6, 6.07) is 15.5. The first-order chi connectivity index (χ1) is 10.6. The topological polar surface area (TPSA) is 58.2 Å². The van der Waals surface area contributed by atoms with E-state index in [1.807, 2.05) is 18.2 Å². The van der Waals surface area contributed by atoms with Crippen molar-refractivity contribution >= 4 is 23.5 Å². The lowest BCUT2D eigenvalue weighted by Gasteiger charge is -2.18. The molecule has 2 aromatic carbocycles. The van der Waals surface area contributed by atoms with E-state index in [9.17, 15) is 9.59 Å². The number of halogens is 1. The summed E-state index contributed by atoms with van der Waals surface area (Å²) < 4.78 is 0. The standard InChI is InChI=1S/C17H15ClN2O2/c18-14-8-6-13(7-9-14)17(10-11-17)20-16(22)19-15(21)12-4-2-1-3-5-12/h1-9H,10-11H2,(H2,19,20,21,22). The zero-order valence-corrected chi connectivity index (χ0v) is 12.6. The maximum absolute atomic E-state index is 12.1. The third-order valence-electron chi connectivity index (χ3n) is 3.76. The molecule has 0 saturated heterocycles. The summed E-state index contributed by atoms with van der Waals surface area (Å²) in [7, 11) is 0. The number of hydrogen-bond donors (Lipinski definition) is 2. The van der Waals surface area contributed by atoms with Crippen LogP contribution in [0.5, 0.6) is 0 Å². The molecule has 112 valence electrons. The van der Waals surface area contributed by atoms with Gasteiger partial charge in [-0.05, 0) is 42.7 Å². The van der Waals surface area contributed by atoms with E-state index in [0.29, 0.717) is 10.6 Å². The molecular weight excluding hydrogens is 300 g/mol. The van der Waals surface area contributed by atoms with Crippen molar-refractivity contribution < 1.29 is 9.59 Å². The highest BCUT2D eigenvalue weighted by Crippen LogP contribution is 2.45. The Hall–Kier alpha value is -2.33. The third kappa shape index (κ3) is 3.12. The van der Waals surface area contributed by atoms with Crippen LogP contribution in [0.25, 0.3) is 0 Å². The van der Waals surface area contributed by atoms with Crippen molar-refractivity contribution in [1.29, 1.82) is 0 Å². The van der Waals surface area contributed by atoms with Gasteiger partial charge >= 0.3 is 6.03 Å². The van der Waals surface area contributed by atoms with Gasteiger partial charge in [-0.2, -0.15) is 0 Å². The van der Waals surface area contributed by atoms with Gasteiger partial charge in [0.15, 0.2) is 0 Å². The molecule has 0 bridgehead atoms. The fourth-order valence-electron chi connectivity index (χ4n) is 2.39. The van der Waals surface area contributed by atoms with Gasteiger partial charge in [-0.25, -0.2) is 4.79 Å². The summed E-state index contributed by atoms with van der Waals surface area (Å²) >= 11 is 5.88. The molecule has 0 radical (unpaired) electrons. The smallest absolute Gasteiger partial charge is 0.322 e. The number of carbonyl (C=O) groups excluding carboxylic acids is 2. The van der Waals surface area contributed by atoms with Crippen molar-refractivity contribution in [2.75, 3.05) is 0 Å². The molecule has 22 heavy (non-hydrogen) atoms. The normalized spacial score (nSPS) is 15.0. The largest absolute Gasteiger partial charge is 0.328 e. The van der Waals surface area contributed by atoms with Crippen molar-refractivity contribution in [3.05, 3.63) is 70.7 Å². The molecule has 0 unspecified atom stereocenters. The predicted molar refractivity (Wildman–Crippen MR) is 84.8 cm³/mol. The number of amides is 3. The molecule has 0 atom stereocenters. The Morgan fingerprint density at radius 3 is 2.18 bits per heavy atom. The molecule has 4 nitrogen and oxygen atoms in total. The lowest BCUT2D eigenvalue weighted by atomic mass is 10.1. The van der Waals surface area contributed by atoms with Crippen LogP contribution in [0.2, 0.25) is 5.02 Å². The highest BCUT2D eigenvalue weighted by Gasteiger charge is 2.45. The molecule has 1 fully saturated rings. The van der Waals surface area contributed by atoms with Gasteiger partial charge in [-0.15, -0.1) is 0 Å². The zero-order chi connectivity index (χ0) is 15.6. The van der Waals surface area contributed by atoms with Crippen molar-refractivity contribution in [3.63, 3.8) is 0 Å². The second-order valence-electron chi connectivity index (χ2n) is 5.36. The van der Waals surface area contributed by atoms with Crippen LogP contribution in [0.3, 0.4) is 0 Å². The van der Waals surface area contributed by atoms with Crippen LogP contribution in [0.1, 0.15) is 28.8 Å². The van der Waals surface area contributed by atoms with E-state index in [4.69, 9.17) is 11.6 Å². The van der Waals surface area contributed by atoms with E-state index < -0.39 is 11.9 Å². The highest BCUT2D eigenvalue weighted by atomic mass is 35.5. The van der Waals surface area contributed by atoms with Crippen LogP contribution < -0.4 is 10.6 Å². The minimum Gasteiger partial charge on any atom is -0.328 e. The quantitative estimate of drug-likeness (QED) is 0.911. The molecule has 2 N–H and O–H groups in total. The lowest BCUT2D eigenvalue weighted by molar-refractivity contribution is 0.0963. The molecule has 2 aromatic rings. The summed E-state index contributed by atoms with van der Waals surface area (Å²) in [5.41, 5.74) is 1.07. The molecule has 0 aliphatic heterocycles. The first kappa shape index (κ1) is 14.6. The average molecular weight is 315 g/mol. The number of benzene rings is 2. The summed E-state index contributed by atoms with van der Waals surface area (Å²) in [6.45, 7) is 0. The van der Waals surface area contributed by atoms with Gasteiger partial charge in [0.25, 0.3) is 5.91 Å².